The molecule has 3 heterocycles. The number of aromatic nitrogens is 5. The first kappa shape index (κ1) is 26.8. The molecule has 6 heteroatoms. The van der Waals surface area contributed by atoms with Crippen LogP contribution in [0.25, 0.3) is 83.5 Å². The van der Waals surface area contributed by atoms with Gasteiger partial charge < -0.3 is 0 Å². The van der Waals surface area contributed by atoms with Crippen LogP contribution in [0.2, 0.25) is 0 Å². The molecule has 220 valence electrons. The highest BCUT2D eigenvalue weighted by Crippen LogP contribution is 2.33. The third kappa shape index (κ3) is 4.54. The molecule has 0 amide bonds. The van der Waals surface area contributed by atoms with Gasteiger partial charge in [-0.05, 0) is 40.8 Å². The van der Waals surface area contributed by atoms with Gasteiger partial charge in [0.1, 0.15) is 5.65 Å². The normalized spacial score (nSPS) is 11.5. The van der Waals surface area contributed by atoms with Gasteiger partial charge in [0.25, 0.3) is 5.56 Å². The summed E-state index contributed by atoms with van der Waals surface area (Å²) in [4.78, 5) is 32.9. The van der Waals surface area contributed by atoms with Gasteiger partial charge in [0.2, 0.25) is 0 Å². The Bertz CT molecular complexity index is 2650. The highest BCUT2D eigenvalue weighted by molar-refractivity contribution is 6.13. The largest absolute Gasteiger partial charge is 0.293 e. The molecule has 0 aliphatic carbocycles. The second-order valence-corrected chi connectivity index (χ2v) is 11.5. The molecule has 0 aliphatic heterocycles. The average molecular weight is 604 g/mol. The Labute approximate surface area is 269 Å². The van der Waals surface area contributed by atoms with Crippen molar-refractivity contribution in [3.8, 4) is 45.3 Å². The van der Waals surface area contributed by atoms with Gasteiger partial charge in [0.05, 0.1) is 16.4 Å². The zero-order chi connectivity index (χ0) is 31.3. The molecule has 47 heavy (non-hydrogen) atoms. The van der Waals surface area contributed by atoms with Gasteiger partial charge in [-0.15, -0.1) is 0 Å². The Balaban J connectivity index is 1.21. The fourth-order valence-corrected chi connectivity index (χ4v) is 6.41. The molecule has 0 aliphatic rings. The van der Waals surface area contributed by atoms with Crippen LogP contribution in [0, 0.1) is 0 Å². The first-order chi connectivity index (χ1) is 23.2. The summed E-state index contributed by atoms with van der Waals surface area (Å²) in [6.45, 7) is 0. The Kier molecular flexibility index (Phi) is 6.18. The van der Waals surface area contributed by atoms with Crippen molar-refractivity contribution in [2.45, 2.75) is 0 Å². The van der Waals surface area contributed by atoms with Gasteiger partial charge in [0.15, 0.2) is 17.5 Å². The molecule has 9 aromatic rings. The van der Waals surface area contributed by atoms with E-state index in [2.05, 4.69) is 39.7 Å². The molecule has 0 saturated carbocycles. The summed E-state index contributed by atoms with van der Waals surface area (Å²) in [5, 5.41) is 3.70. The molecule has 0 bridgehead atoms. The Morgan fingerprint density at radius 1 is 0.362 bits per heavy atom. The number of benzene rings is 6. The maximum absolute atomic E-state index is 13.6. The maximum atomic E-state index is 13.6. The van der Waals surface area contributed by atoms with Gasteiger partial charge >= 0.3 is 0 Å². The molecular weight excluding hydrogens is 578 g/mol. The highest BCUT2D eigenvalue weighted by Gasteiger charge is 2.16. The van der Waals surface area contributed by atoms with E-state index < -0.39 is 0 Å². The lowest BCUT2D eigenvalue weighted by Gasteiger charge is -2.14. The van der Waals surface area contributed by atoms with Crippen molar-refractivity contribution in [1.29, 1.82) is 0 Å². The fraction of sp³-hybridized carbons (Fsp3) is 0. The van der Waals surface area contributed by atoms with Crippen LogP contribution >= 0.6 is 0 Å². The summed E-state index contributed by atoms with van der Waals surface area (Å²) in [7, 11) is 0. The lowest BCUT2D eigenvalue weighted by molar-refractivity contribution is 1.07. The lowest BCUT2D eigenvalue weighted by atomic mass is 10.0. The quantitative estimate of drug-likeness (QED) is 0.188. The van der Waals surface area contributed by atoms with E-state index in [1.54, 1.807) is 0 Å². The van der Waals surface area contributed by atoms with Crippen molar-refractivity contribution >= 4 is 38.2 Å². The number of hydrogen-bond acceptors (Lipinski definition) is 5. The van der Waals surface area contributed by atoms with E-state index in [0.29, 0.717) is 28.5 Å². The predicted molar refractivity (Wildman–Crippen MR) is 189 cm³/mol. The van der Waals surface area contributed by atoms with Crippen molar-refractivity contribution < 1.29 is 0 Å². The first-order valence-electron chi connectivity index (χ1n) is 15.4. The molecular formula is C41H25N5O. The molecule has 3 aromatic heterocycles. The predicted octanol–water partition coefficient (Wildman–Crippen LogP) is 9.01. The van der Waals surface area contributed by atoms with Crippen molar-refractivity contribution in [2.75, 3.05) is 0 Å². The minimum absolute atomic E-state index is 0.254. The topological polar surface area (TPSA) is 73.0 Å². The number of fused-ring (bicyclic) bond motifs is 8. The molecule has 0 atom stereocenters. The van der Waals surface area contributed by atoms with Gasteiger partial charge in [-0.25, -0.2) is 15.0 Å². The summed E-state index contributed by atoms with van der Waals surface area (Å²) >= 11 is 0. The summed E-state index contributed by atoms with van der Waals surface area (Å²) in [5.74, 6) is 1.79. The van der Waals surface area contributed by atoms with Gasteiger partial charge in [-0.3, -0.25) is 9.20 Å². The SMILES string of the molecule is O=c1nc2c3ccccc3c3ccccc3n2c2ccc(-c3cccc(-c4nc(-c5ccccc5)nc(-c5ccccc5)n4)c3)cc12. The summed E-state index contributed by atoms with van der Waals surface area (Å²) < 4.78 is 2.11. The van der Waals surface area contributed by atoms with E-state index in [-0.39, 0.29) is 5.56 Å². The molecule has 0 spiro atoms. The second kappa shape index (κ2) is 10.8. The minimum atomic E-state index is -0.254. The molecule has 0 unspecified atom stereocenters. The third-order valence-electron chi connectivity index (χ3n) is 8.64. The lowest BCUT2D eigenvalue weighted by Crippen LogP contribution is -2.11. The van der Waals surface area contributed by atoms with Gasteiger partial charge in [-0.1, -0.05) is 127 Å². The smallest absolute Gasteiger partial charge is 0.281 e. The monoisotopic (exact) mass is 603 g/mol. The number of para-hydroxylation sites is 1. The van der Waals surface area contributed by atoms with Crippen molar-refractivity contribution in [2.24, 2.45) is 0 Å². The third-order valence-corrected chi connectivity index (χ3v) is 8.64. The van der Waals surface area contributed by atoms with Crippen LogP contribution in [0.4, 0.5) is 0 Å². The van der Waals surface area contributed by atoms with Crippen LogP contribution in [0.5, 0.6) is 0 Å². The van der Waals surface area contributed by atoms with Crippen molar-refractivity contribution in [3.63, 3.8) is 0 Å². The van der Waals surface area contributed by atoms with E-state index in [1.165, 1.54) is 0 Å². The number of pyridine rings is 1. The Morgan fingerprint density at radius 3 is 1.57 bits per heavy atom. The Morgan fingerprint density at radius 2 is 0.872 bits per heavy atom. The van der Waals surface area contributed by atoms with Crippen molar-refractivity contribution in [1.82, 2.24) is 24.3 Å². The van der Waals surface area contributed by atoms with Crippen LogP contribution < -0.4 is 5.56 Å². The van der Waals surface area contributed by atoms with E-state index >= 15 is 0 Å². The van der Waals surface area contributed by atoms with E-state index in [1.807, 2.05) is 121 Å². The van der Waals surface area contributed by atoms with E-state index in [0.717, 1.165) is 55.0 Å². The van der Waals surface area contributed by atoms with Crippen LogP contribution in [0.15, 0.2) is 156 Å². The van der Waals surface area contributed by atoms with E-state index in [9.17, 15) is 4.79 Å². The fourth-order valence-electron chi connectivity index (χ4n) is 6.41. The van der Waals surface area contributed by atoms with E-state index in [4.69, 9.17) is 15.0 Å². The highest BCUT2D eigenvalue weighted by atomic mass is 16.1. The van der Waals surface area contributed by atoms with Gasteiger partial charge in [-0.2, -0.15) is 4.98 Å². The maximum Gasteiger partial charge on any atom is 0.281 e. The summed E-state index contributed by atoms with van der Waals surface area (Å²) in [6, 6.07) is 50.4. The standard InChI is InChI=1S/C41H25N5O/c47-41-34-25-29(22-23-36(34)46-35-21-10-9-19-32(35)31-18-7-8-20-33(31)40(46)45-41)28-16-11-17-30(24-28)39-43-37(26-12-3-1-4-13-26)42-38(44-39)27-14-5-2-6-15-27/h1-25H. The van der Waals surface area contributed by atoms with Crippen LogP contribution in [0.3, 0.4) is 0 Å². The molecule has 0 fully saturated rings. The zero-order valence-electron chi connectivity index (χ0n) is 25.1. The number of nitrogens with zero attached hydrogens (tertiary/aromatic N) is 5. The zero-order valence-corrected chi connectivity index (χ0v) is 25.1. The molecule has 9 rings (SSSR count). The molecule has 0 saturated heterocycles. The van der Waals surface area contributed by atoms with Crippen LogP contribution in [-0.2, 0) is 0 Å². The van der Waals surface area contributed by atoms with Crippen LogP contribution in [0.1, 0.15) is 0 Å². The van der Waals surface area contributed by atoms with Gasteiger partial charge in [0, 0.05) is 27.5 Å². The molecule has 6 nitrogen and oxygen atoms in total. The summed E-state index contributed by atoms with van der Waals surface area (Å²) in [6.07, 6.45) is 0. The molecule has 0 N–H and O–H groups in total. The summed E-state index contributed by atoms with van der Waals surface area (Å²) in [5.41, 5.74) is 6.76. The molecule has 0 radical (unpaired) electrons. The average Bonchev–Trinajstić information content (AvgIpc) is 3.15. The number of hydrogen-bond donors (Lipinski definition) is 0. The minimum Gasteiger partial charge on any atom is -0.293 e. The Hall–Kier alpha value is -6.53. The number of rotatable bonds is 4. The second-order valence-electron chi connectivity index (χ2n) is 11.5. The first-order valence-corrected chi connectivity index (χ1v) is 15.4. The van der Waals surface area contributed by atoms with Crippen LogP contribution in [-0.4, -0.2) is 24.3 Å². The molecule has 6 aromatic carbocycles. The van der Waals surface area contributed by atoms with Crippen molar-refractivity contribution in [3.05, 3.63) is 162 Å².